The summed E-state index contributed by atoms with van der Waals surface area (Å²) in [5, 5.41) is 18.7. The van der Waals surface area contributed by atoms with Crippen molar-refractivity contribution in [3.63, 3.8) is 0 Å². The van der Waals surface area contributed by atoms with Crippen molar-refractivity contribution in [3.05, 3.63) is 38.9 Å². The number of thiazole rings is 1. The topological polar surface area (TPSA) is 137 Å². The zero-order valence-electron chi connectivity index (χ0n) is 17.9. The van der Waals surface area contributed by atoms with Crippen LogP contribution in [-0.4, -0.2) is 69.5 Å². The highest BCUT2D eigenvalue weighted by Crippen LogP contribution is 2.24. The van der Waals surface area contributed by atoms with Crippen molar-refractivity contribution in [2.75, 3.05) is 25.5 Å². The van der Waals surface area contributed by atoms with Gasteiger partial charge in [-0.2, -0.15) is 0 Å². The summed E-state index contributed by atoms with van der Waals surface area (Å²) in [5.41, 5.74) is -0.483. The molecule has 1 atom stereocenters. The Balaban J connectivity index is 1.59. The molecule has 10 nitrogen and oxygen atoms in total. The monoisotopic (exact) mass is 480 g/mol. The maximum atomic E-state index is 12.7. The molecule has 1 aliphatic rings. The van der Waals surface area contributed by atoms with Gasteiger partial charge in [-0.3, -0.25) is 14.4 Å². The standard InChI is InChI=1S/C20H25ClN6O4S/c1-20(2,31)14(9-23-16(28)17(29)26-15-5-4-11(21)8-22-15)25-18(30)19-24-12-10-27(3)7-6-13(12)32-19/h4-5,8,14,31H,6-7,9-10H2,1-3H3,(H,23,28)(H,25,30)(H,22,26,29)/t14-/m0/s1. The summed E-state index contributed by atoms with van der Waals surface area (Å²) in [6.07, 6.45) is 2.17. The van der Waals surface area contributed by atoms with Gasteiger partial charge in [-0.1, -0.05) is 11.6 Å². The number of aliphatic hydroxyl groups is 1. The first kappa shape index (κ1) is 24.1. The van der Waals surface area contributed by atoms with Gasteiger partial charge in [0, 0.05) is 30.7 Å². The van der Waals surface area contributed by atoms with Gasteiger partial charge >= 0.3 is 11.8 Å². The Bertz CT molecular complexity index is 1000. The van der Waals surface area contributed by atoms with Crippen molar-refractivity contribution in [3.8, 4) is 0 Å². The fourth-order valence-electron chi connectivity index (χ4n) is 3.02. The van der Waals surface area contributed by atoms with Crippen LogP contribution in [0.5, 0.6) is 0 Å². The summed E-state index contributed by atoms with van der Waals surface area (Å²) in [6.45, 7) is 4.43. The lowest BCUT2D eigenvalue weighted by atomic mass is 9.99. The zero-order chi connectivity index (χ0) is 23.5. The summed E-state index contributed by atoms with van der Waals surface area (Å²) in [6, 6.07) is 2.12. The molecule has 2 aromatic heterocycles. The number of anilines is 1. The van der Waals surface area contributed by atoms with Crippen molar-refractivity contribution in [1.29, 1.82) is 0 Å². The Morgan fingerprint density at radius 3 is 2.72 bits per heavy atom. The fraction of sp³-hybridized carbons (Fsp3) is 0.450. The molecule has 0 aromatic carbocycles. The number of nitrogens with zero attached hydrogens (tertiary/aromatic N) is 3. The lowest BCUT2D eigenvalue weighted by Gasteiger charge is -2.30. The van der Waals surface area contributed by atoms with E-state index in [1.807, 2.05) is 7.05 Å². The van der Waals surface area contributed by atoms with Crippen LogP contribution in [0.25, 0.3) is 0 Å². The maximum Gasteiger partial charge on any atom is 0.314 e. The number of carbonyl (C=O) groups excluding carboxylic acids is 3. The zero-order valence-corrected chi connectivity index (χ0v) is 19.5. The molecule has 0 bridgehead atoms. The number of carbonyl (C=O) groups is 3. The van der Waals surface area contributed by atoms with Gasteiger partial charge in [-0.15, -0.1) is 11.3 Å². The predicted molar refractivity (Wildman–Crippen MR) is 121 cm³/mol. The van der Waals surface area contributed by atoms with Crippen LogP contribution in [0.4, 0.5) is 5.82 Å². The first-order valence-electron chi connectivity index (χ1n) is 9.94. The first-order chi connectivity index (χ1) is 15.0. The van der Waals surface area contributed by atoms with Crippen LogP contribution in [0.1, 0.15) is 34.2 Å². The van der Waals surface area contributed by atoms with E-state index in [1.165, 1.54) is 43.5 Å². The minimum Gasteiger partial charge on any atom is -0.388 e. The van der Waals surface area contributed by atoms with Gasteiger partial charge in [0.2, 0.25) is 0 Å². The summed E-state index contributed by atoms with van der Waals surface area (Å²) >= 11 is 7.07. The van der Waals surface area contributed by atoms with Gasteiger partial charge in [-0.25, -0.2) is 9.97 Å². The van der Waals surface area contributed by atoms with Crippen molar-refractivity contribution in [2.45, 2.75) is 38.5 Å². The molecule has 0 aliphatic carbocycles. The molecule has 1 aliphatic heterocycles. The van der Waals surface area contributed by atoms with Gasteiger partial charge in [0.25, 0.3) is 5.91 Å². The second kappa shape index (κ2) is 9.90. The number of pyridine rings is 1. The minimum atomic E-state index is -1.37. The van der Waals surface area contributed by atoms with Crippen LogP contribution in [0.15, 0.2) is 18.3 Å². The molecule has 0 fully saturated rings. The molecule has 0 unspecified atom stereocenters. The largest absolute Gasteiger partial charge is 0.388 e. The number of nitrogens with one attached hydrogen (secondary N) is 3. The summed E-state index contributed by atoms with van der Waals surface area (Å²) in [5.74, 6) is -2.14. The van der Waals surface area contributed by atoms with E-state index >= 15 is 0 Å². The van der Waals surface area contributed by atoms with Gasteiger partial charge < -0.3 is 26.0 Å². The Hall–Kier alpha value is -2.60. The number of fused-ring (bicyclic) bond motifs is 1. The van der Waals surface area contributed by atoms with Gasteiger partial charge in [0.1, 0.15) is 5.82 Å². The highest BCUT2D eigenvalue weighted by Gasteiger charge is 2.31. The quantitative estimate of drug-likeness (QED) is 0.449. The van der Waals surface area contributed by atoms with Gasteiger partial charge in [-0.05, 0) is 39.4 Å². The number of amides is 3. The molecular formula is C20H25ClN6O4S. The number of hydrogen-bond acceptors (Lipinski definition) is 8. The number of halogens is 1. The third-order valence-corrected chi connectivity index (χ3v) is 6.29. The van der Waals surface area contributed by atoms with Gasteiger partial charge in [0.15, 0.2) is 5.01 Å². The van der Waals surface area contributed by atoms with Crippen molar-refractivity contribution in [2.24, 2.45) is 0 Å². The third-order valence-electron chi connectivity index (χ3n) is 4.91. The second-order valence-corrected chi connectivity index (χ2v) is 9.60. The summed E-state index contributed by atoms with van der Waals surface area (Å²) in [4.78, 5) is 48.5. The molecule has 32 heavy (non-hydrogen) atoms. The summed E-state index contributed by atoms with van der Waals surface area (Å²) in [7, 11) is 1.99. The van der Waals surface area contributed by atoms with Gasteiger partial charge in [0.05, 0.1) is 22.4 Å². The highest BCUT2D eigenvalue weighted by atomic mass is 35.5. The molecule has 3 heterocycles. The molecule has 3 amide bonds. The summed E-state index contributed by atoms with van der Waals surface area (Å²) < 4.78 is 0. The smallest absolute Gasteiger partial charge is 0.314 e. The molecule has 0 saturated carbocycles. The SMILES string of the molecule is CN1CCc2sc(C(=O)N[C@@H](CNC(=O)C(=O)Nc3ccc(Cl)cn3)C(C)(C)O)nc2C1. The molecule has 3 rings (SSSR count). The van der Waals surface area contributed by atoms with Crippen molar-refractivity contribution in [1.82, 2.24) is 25.5 Å². The van der Waals surface area contributed by atoms with E-state index in [4.69, 9.17) is 11.6 Å². The van der Waals surface area contributed by atoms with Crippen LogP contribution < -0.4 is 16.0 Å². The number of hydrogen-bond donors (Lipinski definition) is 4. The molecule has 0 spiro atoms. The normalized spacial score (nSPS) is 14.9. The molecule has 0 radical (unpaired) electrons. The fourth-order valence-corrected chi connectivity index (χ4v) is 4.10. The lowest BCUT2D eigenvalue weighted by Crippen LogP contribution is -2.56. The first-order valence-corrected chi connectivity index (χ1v) is 11.1. The van der Waals surface area contributed by atoms with Crippen LogP contribution in [0, 0.1) is 0 Å². The molecule has 0 saturated heterocycles. The highest BCUT2D eigenvalue weighted by molar-refractivity contribution is 7.13. The number of aromatic nitrogens is 2. The van der Waals surface area contributed by atoms with E-state index < -0.39 is 29.4 Å². The second-order valence-electron chi connectivity index (χ2n) is 8.08. The van der Waals surface area contributed by atoms with Crippen LogP contribution in [-0.2, 0) is 22.6 Å². The van der Waals surface area contributed by atoms with E-state index in [2.05, 4.69) is 30.8 Å². The maximum absolute atomic E-state index is 12.7. The van der Waals surface area contributed by atoms with E-state index in [9.17, 15) is 19.5 Å². The molecule has 2 aromatic rings. The van der Waals surface area contributed by atoms with E-state index in [1.54, 1.807) is 0 Å². The van der Waals surface area contributed by atoms with Crippen molar-refractivity contribution >= 4 is 46.5 Å². The van der Waals surface area contributed by atoms with Crippen LogP contribution in [0.2, 0.25) is 5.02 Å². The Labute approximate surface area is 194 Å². The van der Waals surface area contributed by atoms with E-state index in [0.717, 1.165) is 23.5 Å². The average molecular weight is 481 g/mol. The van der Waals surface area contributed by atoms with Crippen molar-refractivity contribution < 1.29 is 19.5 Å². The minimum absolute atomic E-state index is 0.163. The number of likely N-dealkylation sites (N-methyl/N-ethyl adjacent to an activating group) is 1. The molecule has 12 heteroatoms. The Morgan fingerprint density at radius 2 is 2.06 bits per heavy atom. The number of rotatable bonds is 6. The molecular weight excluding hydrogens is 456 g/mol. The third kappa shape index (κ3) is 6.22. The Kier molecular flexibility index (Phi) is 7.44. The van der Waals surface area contributed by atoms with Crippen LogP contribution in [0.3, 0.4) is 0 Å². The average Bonchev–Trinajstić information content (AvgIpc) is 3.14. The van der Waals surface area contributed by atoms with Crippen LogP contribution >= 0.6 is 22.9 Å². The van der Waals surface area contributed by atoms with E-state index in [0.29, 0.717) is 16.6 Å². The Morgan fingerprint density at radius 1 is 1.31 bits per heavy atom. The van der Waals surface area contributed by atoms with E-state index in [-0.39, 0.29) is 12.4 Å². The molecule has 172 valence electrons. The predicted octanol–water partition coefficient (Wildman–Crippen LogP) is 0.804. The lowest BCUT2D eigenvalue weighted by molar-refractivity contribution is -0.136. The molecule has 4 N–H and O–H groups in total.